The molecule has 1 unspecified atom stereocenters. The van der Waals surface area contributed by atoms with E-state index in [4.69, 9.17) is 20.7 Å². The van der Waals surface area contributed by atoms with Crippen LogP contribution in [0.1, 0.15) is 20.7 Å². The minimum Gasteiger partial charge on any atom is -0.506 e. The van der Waals surface area contributed by atoms with E-state index in [1.165, 1.54) is 0 Å². The number of hydrogen-bond donors (Lipinski definition) is 5. The van der Waals surface area contributed by atoms with Crippen LogP contribution >= 0.6 is 0 Å². The number of aromatic hydroxyl groups is 1. The van der Waals surface area contributed by atoms with E-state index in [0.29, 0.717) is 0 Å². The quantitative estimate of drug-likeness (QED) is 0.464. The molecule has 1 aromatic carbocycles. The Morgan fingerprint density at radius 2 is 1.68 bits per heavy atom. The fraction of sp³-hybridized carbons (Fsp3) is 0.273. The van der Waals surface area contributed by atoms with Crippen molar-refractivity contribution in [3.63, 3.8) is 0 Å². The van der Waals surface area contributed by atoms with Crippen molar-refractivity contribution in [2.45, 2.75) is 6.10 Å². The van der Waals surface area contributed by atoms with E-state index in [1.807, 2.05) is 0 Å². The molecule has 19 heavy (non-hydrogen) atoms. The first-order chi connectivity index (χ1) is 8.86. The number of phenols is 1. The number of aromatic carboxylic acids is 2. The van der Waals surface area contributed by atoms with Crippen LogP contribution in [0.4, 0.5) is 0 Å². The molecule has 0 aliphatic carbocycles. The molecule has 0 radical (unpaired) electrons. The summed E-state index contributed by atoms with van der Waals surface area (Å²) in [6.45, 7) is -0.283. The van der Waals surface area contributed by atoms with Gasteiger partial charge < -0.3 is 30.9 Å². The number of hydrogen-bond acceptors (Lipinski definition) is 6. The number of aliphatic hydroxyl groups is 1. The Bertz CT molecular complexity index is 465. The van der Waals surface area contributed by atoms with Crippen molar-refractivity contribution < 1.29 is 34.8 Å². The van der Waals surface area contributed by atoms with Gasteiger partial charge in [0.15, 0.2) is 0 Å². The van der Waals surface area contributed by atoms with E-state index in [1.54, 1.807) is 0 Å². The summed E-state index contributed by atoms with van der Waals surface area (Å²) in [6, 6.07) is 1.93. The maximum absolute atomic E-state index is 10.9. The number of ether oxygens (including phenoxy) is 1. The van der Waals surface area contributed by atoms with Crippen LogP contribution in [0.5, 0.6) is 11.5 Å². The van der Waals surface area contributed by atoms with E-state index in [-0.39, 0.29) is 18.9 Å². The van der Waals surface area contributed by atoms with Gasteiger partial charge in [0.2, 0.25) is 0 Å². The molecule has 0 aromatic heterocycles. The third-order valence-corrected chi connectivity index (χ3v) is 2.26. The second-order valence-electron chi connectivity index (χ2n) is 3.68. The largest absolute Gasteiger partial charge is 0.506 e. The maximum atomic E-state index is 10.9. The number of benzene rings is 1. The molecule has 8 heteroatoms. The molecule has 6 N–H and O–H groups in total. The molecular formula is C11H13NO7. The average molecular weight is 271 g/mol. The molecule has 0 saturated carbocycles. The molecule has 104 valence electrons. The molecule has 0 aliphatic heterocycles. The minimum atomic E-state index is -1.50. The van der Waals surface area contributed by atoms with Crippen molar-refractivity contribution in [3.8, 4) is 11.5 Å². The Morgan fingerprint density at radius 3 is 2.05 bits per heavy atom. The number of nitrogens with two attached hydrogens (primary N) is 1. The highest BCUT2D eigenvalue weighted by atomic mass is 16.5. The monoisotopic (exact) mass is 271 g/mol. The lowest BCUT2D eigenvalue weighted by atomic mass is 10.1. The first-order valence-corrected chi connectivity index (χ1v) is 5.21. The van der Waals surface area contributed by atoms with E-state index < -0.39 is 34.9 Å². The second kappa shape index (κ2) is 6.03. The van der Waals surface area contributed by atoms with Crippen LogP contribution in [-0.4, -0.2) is 51.6 Å². The van der Waals surface area contributed by atoms with Crippen molar-refractivity contribution >= 4 is 11.9 Å². The molecule has 0 amide bonds. The zero-order chi connectivity index (χ0) is 14.6. The number of rotatable bonds is 6. The normalized spacial score (nSPS) is 11.9. The predicted octanol–water partition coefficient (Wildman–Crippen LogP) is -0.513. The highest BCUT2D eigenvalue weighted by Gasteiger charge is 2.20. The van der Waals surface area contributed by atoms with Crippen molar-refractivity contribution in [2.24, 2.45) is 5.73 Å². The minimum absolute atomic E-state index is 0.0599. The third-order valence-electron chi connectivity index (χ3n) is 2.26. The van der Waals surface area contributed by atoms with Gasteiger partial charge in [0.1, 0.15) is 35.3 Å². The van der Waals surface area contributed by atoms with Gasteiger partial charge in [0.25, 0.3) is 0 Å². The van der Waals surface area contributed by atoms with Crippen LogP contribution in [0.3, 0.4) is 0 Å². The Labute approximate surface area is 107 Å². The maximum Gasteiger partial charge on any atom is 0.339 e. The summed E-state index contributed by atoms with van der Waals surface area (Å²) in [7, 11) is 0. The van der Waals surface area contributed by atoms with Crippen LogP contribution in [0, 0.1) is 0 Å². The molecule has 1 atom stereocenters. The van der Waals surface area contributed by atoms with Gasteiger partial charge in [-0.05, 0) is 12.1 Å². The first kappa shape index (κ1) is 14.7. The molecule has 1 rings (SSSR count). The summed E-state index contributed by atoms with van der Waals surface area (Å²) in [6.07, 6.45) is -0.963. The van der Waals surface area contributed by atoms with Crippen molar-refractivity contribution in [2.75, 3.05) is 13.2 Å². The van der Waals surface area contributed by atoms with E-state index >= 15 is 0 Å². The van der Waals surface area contributed by atoms with Crippen LogP contribution in [0.15, 0.2) is 12.1 Å². The number of carboxylic acids is 2. The molecule has 0 saturated heterocycles. The zero-order valence-corrected chi connectivity index (χ0v) is 9.74. The summed E-state index contributed by atoms with van der Waals surface area (Å²) < 4.78 is 5.03. The van der Waals surface area contributed by atoms with Crippen molar-refractivity contribution in [1.82, 2.24) is 0 Å². The lowest BCUT2D eigenvalue weighted by Gasteiger charge is -2.12. The summed E-state index contributed by atoms with van der Waals surface area (Å²) in [5.74, 6) is -3.94. The summed E-state index contributed by atoms with van der Waals surface area (Å²) in [5, 5.41) is 36.4. The van der Waals surface area contributed by atoms with Gasteiger partial charge in [0, 0.05) is 6.54 Å². The highest BCUT2D eigenvalue weighted by Crippen LogP contribution is 2.28. The van der Waals surface area contributed by atoms with Gasteiger partial charge in [-0.25, -0.2) is 9.59 Å². The van der Waals surface area contributed by atoms with Crippen LogP contribution < -0.4 is 10.5 Å². The molecule has 1 aromatic rings. The van der Waals surface area contributed by atoms with Gasteiger partial charge in [-0.1, -0.05) is 0 Å². The zero-order valence-electron chi connectivity index (χ0n) is 9.74. The SMILES string of the molecule is NCC(O)COc1cc(C(=O)O)c(O)c(C(=O)O)c1. The van der Waals surface area contributed by atoms with Gasteiger partial charge in [-0.3, -0.25) is 0 Å². The molecule has 0 bridgehead atoms. The molecule has 8 nitrogen and oxygen atoms in total. The lowest BCUT2D eigenvalue weighted by molar-refractivity contribution is 0.0689. The third kappa shape index (κ3) is 3.57. The highest BCUT2D eigenvalue weighted by molar-refractivity contribution is 5.99. The number of carbonyl (C=O) groups is 2. The molecule has 0 spiro atoms. The van der Waals surface area contributed by atoms with Gasteiger partial charge in [0.05, 0.1) is 0 Å². The molecule has 0 aliphatic rings. The first-order valence-electron chi connectivity index (χ1n) is 5.21. The lowest BCUT2D eigenvalue weighted by Crippen LogP contribution is -2.26. The Kier molecular flexibility index (Phi) is 4.67. The fourth-order valence-electron chi connectivity index (χ4n) is 1.28. The predicted molar refractivity (Wildman–Crippen MR) is 62.6 cm³/mol. The van der Waals surface area contributed by atoms with Crippen LogP contribution in [0.25, 0.3) is 0 Å². The van der Waals surface area contributed by atoms with Gasteiger partial charge in [-0.2, -0.15) is 0 Å². The fourth-order valence-corrected chi connectivity index (χ4v) is 1.28. The van der Waals surface area contributed by atoms with Crippen LogP contribution in [-0.2, 0) is 0 Å². The topological polar surface area (TPSA) is 150 Å². The average Bonchev–Trinajstić information content (AvgIpc) is 2.36. The van der Waals surface area contributed by atoms with Crippen LogP contribution in [0.2, 0.25) is 0 Å². The standard InChI is InChI=1S/C11H13NO7/c12-3-5(13)4-19-6-1-7(10(15)16)9(14)8(2-6)11(17)18/h1-2,5,13-14H,3-4,12H2,(H,15,16)(H,17,18). The Morgan fingerprint density at radius 1 is 1.21 bits per heavy atom. The number of aliphatic hydroxyl groups excluding tert-OH is 1. The smallest absolute Gasteiger partial charge is 0.339 e. The van der Waals surface area contributed by atoms with Crippen molar-refractivity contribution in [3.05, 3.63) is 23.3 Å². The summed E-state index contributed by atoms with van der Waals surface area (Å²) >= 11 is 0. The summed E-state index contributed by atoms with van der Waals surface area (Å²) in [4.78, 5) is 21.7. The second-order valence-corrected chi connectivity index (χ2v) is 3.68. The Hall–Kier alpha value is -2.32. The molecule has 0 fully saturated rings. The Balaban J connectivity index is 3.12. The van der Waals surface area contributed by atoms with E-state index in [2.05, 4.69) is 0 Å². The van der Waals surface area contributed by atoms with E-state index in [0.717, 1.165) is 12.1 Å². The number of carboxylic acid groups (broad SMARTS) is 2. The van der Waals surface area contributed by atoms with Gasteiger partial charge in [-0.15, -0.1) is 0 Å². The molecule has 0 heterocycles. The van der Waals surface area contributed by atoms with Gasteiger partial charge >= 0.3 is 11.9 Å². The van der Waals surface area contributed by atoms with Crippen molar-refractivity contribution in [1.29, 1.82) is 0 Å². The molecular weight excluding hydrogens is 258 g/mol. The summed E-state index contributed by atoms with van der Waals surface area (Å²) in [5.41, 5.74) is 3.96. The van der Waals surface area contributed by atoms with E-state index in [9.17, 15) is 19.8 Å².